The number of nitrogens with one attached hydrogen (secondary N) is 1. The number of hydrogen-bond acceptors (Lipinski definition) is 5. The monoisotopic (exact) mass is 364 g/mol. The zero-order valence-corrected chi connectivity index (χ0v) is 16.1. The smallest absolute Gasteiger partial charge is 0.222 e. The van der Waals surface area contributed by atoms with E-state index in [1.54, 1.807) is 0 Å². The van der Waals surface area contributed by atoms with Crippen LogP contribution in [0.4, 0.5) is 5.95 Å². The Labute approximate surface area is 161 Å². The van der Waals surface area contributed by atoms with Crippen molar-refractivity contribution >= 4 is 5.95 Å². The van der Waals surface area contributed by atoms with Gasteiger partial charge in [-0.1, -0.05) is 24.3 Å². The SMILES string of the molecule is Cc1ccccc1CN1CC[C@]2(COCc3cnc(NCC4CC4)nc32)C1. The van der Waals surface area contributed by atoms with Crippen molar-refractivity contribution in [2.75, 3.05) is 31.6 Å². The molecule has 1 aromatic heterocycles. The molecule has 5 nitrogen and oxygen atoms in total. The number of hydrogen-bond donors (Lipinski definition) is 1. The quantitative estimate of drug-likeness (QED) is 0.882. The fraction of sp³-hybridized carbons (Fsp3) is 0.545. The molecule has 5 rings (SSSR count). The van der Waals surface area contributed by atoms with Crippen LogP contribution in [0.3, 0.4) is 0 Å². The fourth-order valence-corrected chi connectivity index (χ4v) is 4.47. The Morgan fingerprint density at radius 2 is 2.19 bits per heavy atom. The molecule has 2 aliphatic heterocycles. The lowest BCUT2D eigenvalue weighted by Crippen LogP contribution is -2.40. The summed E-state index contributed by atoms with van der Waals surface area (Å²) >= 11 is 0. The van der Waals surface area contributed by atoms with Gasteiger partial charge in [-0.25, -0.2) is 9.97 Å². The van der Waals surface area contributed by atoms with Gasteiger partial charge < -0.3 is 10.1 Å². The van der Waals surface area contributed by atoms with E-state index in [4.69, 9.17) is 9.72 Å². The Hall–Kier alpha value is -1.98. The highest BCUT2D eigenvalue weighted by atomic mass is 16.5. The van der Waals surface area contributed by atoms with Crippen LogP contribution in [0.5, 0.6) is 0 Å². The molecule has 0 bridgehead atoms. The second-order valence-electron chi connectivity index (χ2n) is 8.55. The van der Waals surface area contributed by atoms with Crippen molar-refractivity contribution in [1.29, 1.82) is 0 Å². The molecule has 1 atom stereocenters. The van der Waals surface area contributed by atoms with Crippen LogP contribution in [0.1, 0.15) is 41.6 Å². The molecule has 1 saturated heterocycles. The average Bonchev–Trinajstić information content (AvgIpc) is 3.44. The van der Waals surface area contributed by atoms with Gasteiger partial charge in [0.2, 0.25) is 5.95 Å². The zero-order chi connectivity index (χ0) is 18.3. The molecule has 0 unspecified atom stereocenters. The summed E-state index contributed by atoms with van der Waals surface area (Å²) in [6, 6.07) is 8.69. The largest absolute Gasteiger partial charge is 0.376 e. The number of ether oxygens (including phenoxy) is 1. The lowest BCUT2D eigenvalue weighted by Gasteiger charge is -2.34. The Bertz CT molecular complexity index is 835. The first-order valence-corrected chi connectivity index (χ1v) is 10.2. The predicted octanol–water partition coefficient (Wildman–Crippen LogP) is 3.28. The van der Waals surface area contributed by atoms with Gasteiger partial charge in [0.05, 0.1) is 24.3 Å². The van der Waals surface area contributed by atoms with Crippen LogP contribution in [0.15, 0.2) is 30.5 Å². The van der Waals surface area contributed by atoms with Crippen LogP contribution in [-0.2, 0) is 23.3 Å². The molecule has 1 aliphatic carbocycles. The van der Waals surface area contributed by atoms with Crippen LogP contribution in [0.2, 0.25) is 0 Å². The number of fused-ring (bicyclic) bond motifs is 2. The molecule has 3 aliphatic rings. The lowest BCUT2D eigenvalue weighted by molar-refractivity contribution is 0.0503. The van der Waals surface area contributed by atoms with Crippen molar-refractivity contribution < 1.29 is 4.74 Å². The van der Waals surface area contributed by atoms with Gasteiger partial charge in [-0.2, -0.15) is 0 Å². The van der Waals surface area contributed by atoms with Crippen LogP contribution >= 0.6 is 0 Å². The Kier molecular flexibility index (Phi) is 4.37. The maximum Gasteiger partial charge on any atom is 0.222 e. The van der Waals surface area contributed by atoms with E-state index < -0.39 is 0 Å². The van der Waals surface area contributed by atoms with Crippen LogP contribution in [-0.4, -0.2) is 41.1 Å². The van der Waals surface area contributed by atoms with Crippen LogP contribution in [0.25, 0.3) is 0 Å². The fourth-order valence-electron chi connectivity index (χ4n) is 4.47. The summed E-state index contributed by atoms with van der Waals surface area (Å²) in [5, 5.41) is 3.44. The van der Waals surface area contributed by atoms with E-state index in [0.29, 0.717) is 6.61 Å². The van der Waals surface area contributed by atoms with Gasteiger partial charge in [0, 0.05) is 31.4 Å². The molecule has 1 aromatic carbocycles. The highest BCUT2D eigenvalue weighted by Crippen LogP contribution is 2.40. The molecule has 0 amide bonds. The van der Waals surface area contributed by atoms with Gasteiger partial charge in [0.15, 0.2) is 0 Å². The van der Waals surface area contributed by atoms with Crippen molar-refractivity contribution in [3.05, 3.63) is 52.8 Å². The molecular weight excluding hydrogens is 336 g/mol. The molecule has 2 aromatic rings. The van der Waals surface area contributed by atoms with E-state index in [2.05, 4.69) is 46.4 Å². The minimum Gasteiger partial charge on any atom is -0.376 e. The van der Waals surface area contributed by atoms with Crippen LogP contribution < -0.4 is 5.32 Å². The first kappa shape index (κ1) is 17.1. The maximum atomic E-state index is 5.98. The van der Waals surface area contributed by atoms with Crippen molar-refractivity contribution in [2.24, 2.45) is 5.92 Å². The van der Waals surface area contributed by atoms with Gasteiger partial charge >= 0.3 is 0 Å². The van der Waals surface area contributed by atoms with E-state index in [1.165, 1.54) is 29.7 Å². The lowest BCUT2D eigenvalue weighted by atomic mass is 9.80. The molecule has 27 heavy (non-hydrogen) atoms. The minimum absolute atomic E-state index is 0.00915. The van der Waals surface area contributed by atoms with E-state index in [1.807, 2.05) is 6.20 Å². The molecule has 1 spiro atoms. The molecule has 3 heterocycles. The minimum atomic E-state index is 0.00915. The number of benzene rings is 1. The number of anilines is 1. The summed E-state index contributed by atoms with van der Waals surface area (Å²) in [7, 11) is 0. The van der Waals surface area contributed by atoms with Gasteiger partial charge in [-0.15, -0.1) is 0 Å². The topological polar surface area (TPSA) is 50.3 Å². The molecule has 5 heteroatoms. The number of likely N-dealkylation sites (tertiary alicyclic amines) is 1. The molecule has 2 fully saturated rings. The third-order valence-corrected chi connectivity index (χ3v) is 6.34. The average molecular weight is 364 g/mol. The summed E-state index contributed by atoms with van der Waals surface area (Å²) in [4.78, 5) is 12.1. The third kappa shape index (κ3) is 3.46. The maximum absolute atomic E-state index is 5.98. The first-order chi connectivity index (χ1) is 13.2. The van der Waals surface area contributed by atoms with E-state index in [9.17, 15) is 0 Å². The summed E-state index contributed by atoms with van der Waals surface area (Å²) in [6.07, 6.45) is 5.75. The predicted molar refractivity (Wildman–Crippen MR) is 106 cm³/mol. The van der Waals surface area contributed by atoms with E-state index in [0.717, 1.165) is 56.6 Å². The molecule has 0 radical (unpaired) electrons. The number of rotatable bonds is 5. The van der Waals surface area contributed by atoms with Gasteiger partial charge in [0.25, 0.3) is 0 Å². The first-order valence-electron chi connectivity index (χ1n) is 10.2. The van der Waals surface area contributed by atoms with E-state index in [-0.39, 0.29) is 5.41 Å². The number of aryl methyl sites for hydroxylation is 1. The Balaban J connectivity index is 1.36. The van der Waals surface area contributed by atoms with Crippen molar-refractivity contribution in [1.82, 2.24) is 14.9 Å². The van der Waals surface area contributed by atoms with Crippen molar-refractivity contribution in [3.8, 4) is 0 Å². The molecule has 1 saturated carbocycles. The van der Waals surface area contributed by atoms with Crippen molar-refractivity contribution in [3.63, 3.8) is 0 Å². The Morgan fingerprint density at radius 1 is 1.30 bits per heavy atom. The summed E-state index contributed by atoms with van der Waals surface area (Å²) in [5.74, 6) is 1.61. The molecule has 1 N–H and O–H groups in total. The highest BCUT2D eigenvalue weighted by molar-refractivity contribution is 5.37. The van der Waals surface area contributed by atoms with E-state index >= 15 is 0 Å². The molecule has 142 valence electrons. The number of aromatic nitrogens is 2. The Morgan fingerprint density at radius 3 is 3.04 bits per heavy atom. The second-order valence-corrected chi connectivity index (χ2v) is 8.55. The van der Waals surface area contributed by atoms with Gasteiger partial charge in [-0.3, -0.25) is 4.90 Å². The normalized spacial score (nSPS) is 24.9. The summed E-state index contributed by atoms with van der Waals surface area (Å²) in [5.41, 5.74) is 5.17. The van der Waals surface area contributed by atoms with Crippen LogP contribution in [0, 0.1) is 12.8 Å². The number of nitrogens with zero attached hydrogens (tertiary/aromatic N) is 3. The third-order valence-electron chi connectivity index (χ3n) is 6.34. The van der Waals surface area contributed by atoms with Gasteiger partial charge in [-0.05, 0) is 49.8 Å². The molecular formula is C22H28N4O. The second kappa shape index (κ2) is 6.88. The van der Waals surface area contributed by atoms with Gasteiger partial charge in [0.1, 0.15) is 0 Å². The van der Waals surface area contributed by atoms with Crippen molar-refractivity contribution in [2.45, 2.75) is 44.8 Å². The highest BCUT2D eigenvalue weighted by Gasteiger charge is 2.45. The summed E-state index contributed by atoms with van der Waals surface area (Å²) < 4.78 is 5.98. The standard InChI is InChI=1S/C22H28N4O/c1-16-4-2-3-5-18(16)12-26-9-8-22(14-26)15-27-13-19-11-24-21(25-20(19)22)23-10-17-6-7-17/h2-5,11,17H,6-10,12-15H2,1H3,(H,23,24,25)/t22-/m1/s1. The zero-order valence-electron chi connectivity index (χ0n) is 16.1. The summed E-state index contributed by atoms with van der Waals surface area (Å²) in [6.45, 7) is 7.70.